The Morgan fingerprint density at radius 2 is 2.11 bits per heavy atom. The van der Waals surface area contributed by atoms with E-state index in [0.29, 0.717) is 19.4 Å². The number of aromatic nitrogens is 2. The predicted octanol–water partition coefficient (Wildman–Crippen LogP) is 1.20. The molecule has 0 bridgehead atoms. The molecule has 6 nitrogen and oxygen atoms in total. The van der Waals surface area contributed by atoms with Crippen molar-refractivity contribution in [2.75, 3.05) is 19.0 Å². The van der Waals surface area contributed by atoms with Crippen molar-refractivity contribution in [1.29, 1.82) is 0 Å². The number of hydrogen-bond acceptors (Lipinski definition) is 4. The largest absolute Gasteiger partial charge is 0.481 e. The van der Waals surface area contributed by atoms with Crippen LogP contribution in [0.4, 0.5) is 5.69 Å². The van der Waals surface area contributed by atoms with E-state index in [4.69, 9.17) is 5.11 Å². The monoisotopic (exact) mass is 267 g/mol. The molecule has 1 aromatic rings. The lowest BCUT2D eigenvalue weighted by Gasteiger charge is -2.18. The molecule has 6 heteroatoms. The Labute approximate surface area is 112 Å². The second-order valence-electron chi connectivity index (χ2n) is 5.46. The van der Waals surface area contributed by atoms with Gasteiger partial charge in [-0.05, 0) is 26.7 Å². The van der Waals surface area contributed by atoms with Crippen LogP contribution in [-0.4, -0.2) is 35.0 Å². The Balaban J connectivity index is 2.65. The summed E-state index contributed by atoms with van der Waals surface area (Å²) in [6, 6.07) is 1.52. The fourth-order valence-corrected chi connectivity index (χ4v) is 1.61. The summed E-state index contributed by atoms with van der Waals surface area (Å²) in [6.45, 7) is 3.80. The highest BCUT2D eigenvalue weighted by Crippen LogP contribution is 2.22. The van der Waals surface area contributed by atoms with E-state index in [2.05, 4.69) is 5.10 Å². The summed E-state index contributed by atoms with van der Waals surface area (Å²) in [5.41, 5.74) is -0.181. The highest BCUT2D eigenvalue weighted by atomic mass is 16.4. The van der Waals surface area contributed by atoms with Gasteiger partial charge in [-0.2, -0.15) is 5.10 Å². The van der Waals surface area contributed by atoms with Crippen LogP contribution in [0, 0.1) is 5.41 Å². The fraction of sp³-hybridized carbons (Fsp3) is 0.615. The molecule has 0 saturated heterocycles. The summed E-state index contributed by atoms with van der Waals surface area (Å²) >= 11 is 0. The van der Waals surface area contributed by atoms with Gasteiger partial charge in [-0.1, -0.05) is 0 Å². The van der Waals surface area contributed by atoms with Crippen LogP contribution in [0.15, 0.2) is 17.1 Å². The second kappa shape index (κ2) is 5.86. The third-order valence-electron chi connectivity index (χ3n) is 3.12. The van der Waals surface area contributed by atoms with Gasteiger partial charge in [0.2, 0.25) is 0 Å². The highest BCUT2D eigenvalue weighted by molar-refractivity contribution is 5.73. The Hall–Kier alpha value is -1.85. The minimum Gasteiger partial charge on any atom is -0.481 e. The number of nitrogens with zero attached hydrogens (tertiary/aromatic N) is 3. The third-order valence-corrected chi connectivity index (χ3v) is 3.12. The average Bonchev–Trinajstić information content (AvgIpc) is 2.30. The molecule has 0 aromatic carbocycles. The zero-order valence-electron chi connectivity index (χ0n) is 11.9. The van der Waals surface area contributed by atoms with Gasteiger partial charge < -0.3 is 10.0 Å². The van der Waals surface area contributed by atoms with Crippen LogP contribution in [0.3, 0.4) is 0 Å². The Kier molecular flexibility index (Phi) is 4.69. The van der Waals surface area contributed by atoms with Crippen molar-refractivity contribution in [1.82, 2.24) is 9.78 Å². The van der Waals surface area contributed by atoms with Gasteiger partial charge in [0.25, 0.3) is 5.56 Å². The van der Waals surface area contributed by atoms with Crippen molar-refractivity contribution < 1.29 is 9.90 Å². The summed E-state index contributed by atoms with van der Waals surface area (Å²) in [7, 11) is 3.69. The number of carboxylic acid groups (broad SMARTS) is 1. The molecule has 0 amide bonds. The van der Waals surface area contributed by atoms with Gasteiger partial charge >= 0.3 is 5.97 Å². The number of aryl methyl sites for hydroxylation is 1. The van der Waals surface area contributed by atoms with E-state index in [-0.39, 0.29) is 5.56 Å². The second-order valence-corrected chi connectivity index (χ2v) is 5.46. The predicted molar refractivity (Wildman–Crippen MR) is 73.5 cm³/mol. The van der Waals surface area contributed by atoms with E-state index in [9.17, 15) is 9.59 Å². The van der Waals surface area contributed by atoms with E-state index in [1.54, 1.807) is 20.0 Å². The smallest absolute Gasteiger partial charge is 0.309 e. The number of anilines is 1. The number of carboxylic acids is 1. The third kappa shape index (κ3) is 4.08. The summed E-state index contributed by atoms with van der Waals surface area (Å²) in [5.74, 6) is -0.823. The SMILES string of the molecule is CN(C)c1cnn(CCCC(C)(C)C(=O)O)c(=O)c1. The Morgan fingerprint density at radius 3 is 2.58 bits per heavy atom. The van der Waals surface area contributed by atoms with Crippen LogP contribution in [-0.2, 0) is 11.3 Å². The van der Waals surface area contributed by atoms with Gasteiger partial charge in [0.1, 0.15) is 0 Å². The summed E-state index contributed by atoms with van der Waals surface area (Å²) < 4.78 is 1.37. The lowest BCUT2D eigenvalue weighted by Crippen LogP contribution is -2.27. The maximum atomic E-state index is 11.8. The molecule has 0 saturated carbocycles. The molecule has 19 heavy (non-hydrogen) atoms. The Morgan fingerprint density at radius 1 is 1.47 bits per heavy atom. The molecule has 0 aliphatic rings. The van der Waals surface area contributed by atoms with E-state index >= 15 is 0 Å². The molecular formula is C13H21N3O3. The van der Waals surface area contributed by atoms with Crippen LogP contribution >= 0.6 is 0 Å². The molecule has 0 radical (unpaired) electrons. The molecule has 0 aliphatic carbocycles. The molecular weight excluding hydrogens is 246 g/mol. The molecule has 1 aromatic heterocycles. The zero-order chi connectivity index (χ0) is 14.6. The van der Waals surface area contributed by atoms with E-state index in [1.807, 2.05) is 19.0 Å². The van der Waals surface area contributed by atoms with Crippen LogP contribution < -0.4 is 10.5 Å². The molecule has 1 N–H and O–H groups in total. The lowest BCUT2D eigenvalue weighted by atomic mass is 9.88. The summed E-state index contributed by atoms with van der Waals surface area (Å²) in [6.07, 6.45) is 2.74. The van der Waals surface area contributed by atoms with Gasteiger partial charge in [0.05, 0.1) is 17.3 Å². The minimum absolute atomic E-state index is 0.167. The minimum atomic E-state index is -0.823. The normalized spacial score (nSPS) is 11.4. The number of rotatable bonds is 6. The van der Waals surface area contributed by atoms with Crippen molar-refractivity contribution in [2.45, 2.75) is 33.2 Å². The zero-order valence-corrected chi connectivity index (χ0v) is 11.9. The first-order valence-electron chi connectivity index (χ1n) is 6.22. The highest BCUT2D eigenvalue weighted by Gasteiger charge is 2.26. The number of aliphatic carboxylic acids is 1. The van der Waals surface area contributed by atoms with Crippen LogP contribution in [0.1, 0.15) is 26.7 Å². The summed E-state index contributed by atoms with van der Waals surface area (Å²) in [4.78, 5) is 24.6. The molecule has 0 unspecified atom stereocenters. The molecule has 0 atom stereocenters. The van der Waals surface area contributed by atoms with Crippen molar-refractivity contribution in [3.63, 3.8) is 0 Å². The maximum Gasteiger partial charge on any atom is 0.309 e. The molecule has 0 fully saturated rings. The first-order chi connectivity index (χ1) is 8.74. The molecule has 106 valence electrons. The fourth-order valence-electron chi connectivity index (χ4n) is 1.61. The number of carbonyl (C=O) groups is 1. The first-order valence-corrected chi connectivity index (χ1v) is 6.22. The molecule has 1 rings (SSSR count). The standard InChI is InChI=1S/C13H21N3O3/c1-13(2,12(18)19)6-5-7-16-11(17)8-10(9-14-16)15(3)4/h8-9H,5-7H2,1-4H3,(H,18,19). The maximum absolute atomic E-state index is 11.8. The Bertz CT molecular complexity index is 506. The van der Waals surface area contributed by atoms with Gasteiger partial charge in [0.15, 0.2) is 0 Å². The van der Waals surface area contributed by atoms with E-state index < -0.39 is 11.4 Å². The van der Waals surface area contributed by atoms with Crippen molar-refractivity contribution >= 4 is 11.7 Å². The molecule has 0 spiro atoms. The average molecular weight is 267 g/mol. The molecule has 0 aliphatic heterocycles. The van der Waals surface area contributed by atoms with Gasteiger partial charge in [-0.3, -0.25) is 9.59 Å². The first kappa shape index (κ1) is 15.2. The van der Waals surface area contributed by atoms with Crippen molar-refractivity contribution in [2.24, 2.45) is 5.41 Å². The van der Waals surface area contributed by atoms with E-state index in [1.165, 1.54) is 10.7 Å². The van der Waals surface area contributed by atoms with Gasteiger partial charge in [-0.15, -0.1) is 0 Å². The van der Waals surface area contributed by atoms with E-state index in [0.717, 1.165) is 5.69 Å². The van der Waals surface area contributed by atoms with Crippen LogP contribution in [0.5, 0.6) is 0 Å². The lowest BCUT2D eigenvalue weighted by molar-refractivity contribution is -0.147. The van der Waals surface area contributed by atoms with Crippen molar-refractivity contribution in [3.8, 4) is 0 Å². The van der Waals surface area contributed by atoms with Crippen molar-refractivity contribution in [3.05, 3.63) is 22.6 Å². The quantitative estimate of drug-likeness (QED) is 0.838. The van der Waals surface area contributed by atoms with Gasteiger partial charge in [0, 0.05) is 26.7 Å². The summed E-state index contributed by atoms with van der Waals surface area (Å²) in [5, 5.41) is 13.1. The van der Waals surface area contributed by atoms with Crippen LogP contribution in [0.25, 0.3) is 0 Å². The van der Waals surface area contributed by atoms with Gasteiger partial charge in [-0.25, -0.2) is 4.68 Å². The van der Waals surface area contributed by atoms with Crippen LogP contribution in [0.2, 0.25) is 0 Å². The number of hydrogen-bond donors (Lipinski definition) is 1. The topological polar surface area (TPSA) is 75.4 Å². The molecule has 1 heterocycles.